The number of thiophene rings is 1. The third-order valence-electron chi connectivity index (χ3n) is 3.49. The van der Waals surface area contributed by atoms with Gasteiger partial charge < -0.3 is 4.42 Å². The molecule has 0 saturated heterocycles. The van der Waals surface area contributed by atoms with E-state index in [-0.39, 0.29) is 6.04 Å². The summed E-state index contributed by atoms with van der Waals surface area (Å²) in [5.41, 5.74) is 0. The van der Waals surface area contributed by atoms with E-state index in [4.69, 9.17) is 4.42 Å². The largest absolute Gasteiger partial charge is 0.465 e. The van der Waals surface area contributed by atoms with Crippen molar-refractivity contribution in [2.45, 2.75) is 44.2 Å². The van der Waals surface area contributed by atoms with Crippen molar-refractivity contribution in [3.8, 4) is 0 Å². The van der Waals surface area contributed by atoms with Gasteiger partial charge >= 0.3 is 0 Å². The second-order valence-electron chi connectivity index (χ2n) is 5.26. The van der Waals surface area contributed by atoms with Gasteiger partial charge in [-0.15, -0.1) is 11.3 Å². The van der Waals surface area contributed by atoms with Crippen LogP contribution in [0.1, 0.15) is 29.2 Å². The number of aryl methyl sites for hydroxylation is 2. The van der Waals surface area contributed by atoms with Crippen LogP contribution in [0.4, 0.5) is 0 Å². The van der Waals surface area contributed by atoms with Gasteiger partial charge in [0.25, 0.3) is 0 Å². The molecule has 0 bridgehead atoms. The Labute approximate surface area is 136 Å². The first-order chi connectivity index (χ1) is 9.88. The first-order valence-corrected chi connectivity index (χ1v) is 9.76. The van der Waals surface area contributed by atoms with Crippen LogP contribution in [0.3, 0.4) is 0 Å². The summed E-state index contributed by atoms with van der Waals surface area (Å²) in [7, 11) is -3.48. The highest BCUT2D eigenvalue weighted by atomic mass is 79.9. The van der Waals surface area contributed by atoms with Crippen LogP contribution in [-0.4, -0.2) is 18.8 Å². The van der Waals surface area contributed by atoms with Crippen LogP contribution in [0.5, 0.6) is 0 Å². The summed E-state index contributed by atoms with van der Waals surface area (Å²) < 4.78 is 33.8. The van der Waals surface area contributed by atoms with Crippen LogP contribution >= 0.6 is 27.3 Å². The zero-order valence-corrected chi connectivity index (χ0v) is 15.0. The zero-order valence-electron chi connectivity index (χ0n) is 11.8. The molecule has 0 atom stereocenters. The van der Waals surface area contributed by atoms with Crippen LogP contribution in [0, 0.1) is 13.8 Å². The molecule has 0 aliphatic heterocycles. The van der Waals surface area contributed by atoms with Crippen LogP contribution in [0.15, 0.2) is 31.3 Å². The lowest BCUT2D eigenvalue weighted by molar-refractivity contribution is 0.351. The molecule has 2 aromatic heterocycles. The Hall–Kier alpha value is -0.630. The van der Waals surface area contributed by atoms with E-state index >= 15 is 0 Å². The molecule has 1 aliphatic carbocycles. The van der Waals surface area contributed by atoms with Gasteiger partial charge in [0.05, 0.1) is 15.2 Å². The van der Waals surface area contributed by atoms with Gasteiger partial charge in [-0.1, -0.05) is 0 Å². The van der Waals surface area contributed by atoms with E-state index in [1.54, 1.807) is 10.4 Å². The average molecular weight is 390 g/mol. The van der Waals surface area contributed by atoms with Crippen molar-refractivity contribution < 1.29 is 12.8 Å². The van der Waals surface area contributed by atoms with E-state index in [1.165, 1.54) is 11.3 Å². The lowest BCUT2D eigenvalue weighted by atomic mass is 10.4. The third-order valence-corrected chi connectivity index (χ3v) is 7.20. The molecular weight excluding hydrogens is 374 g/mol. The maximum atomic E-state index is 12.9. The van der Waals surface area contributed by atoms with Crippen molar-refractivity contribution in [3.05, 3.63) is 38.4 Å². The summed E-state index contributed by atoms with van der Waals surface area (Å²) in [6.45, 7) is 4.00. The fourth-order valence-corrected chi connectivity index (χ4v) is 6.35. The molecule has 0 amide bonds. The summed E-state index contributed by atoms with van der Waals surface area (Å²) in [6, 6.07) is 5.49. The second kappa shape index (κ2) is 5.53. The molecule has 0 spiro atoms. The molecule has 0 unspecified atom stereocenters. The Morgan fingerprint density at radius 2 is 2.10 bits per heavy atom. The summed E-state index contributed by atoms with van der Waals surface area (Å²) >= 11 is 4.81. The lowest BCUT2D eigenvalue weighted by Crippen LogP contribution is -2.32. The van der Waals surface area contributed by atoms with E-state index in [1.807, 2.05) is 26.0 Å². The Morgan fingerprint density at radius 1 is 1.38 bits per heavy atom. The van der Waals surface area contributed by atoms with Gasteiger partial charge in [0, 0.05) is 10.9 Å². The minimum absolute atomic E-state index is 0.0958. The monoisotopic (exact) mass is 389 g/mol. The van der Waals surface area contributed by atoms with Crippen molar-refractivity contribution >= 4 is 37.3 Å². The Kier molecular flexibility index (Phi) is 4.02. The topological polar surface area (TPSA) is 50.5 Å². The highest BCUT2D eigenvalue weighted by molar-refractivity contribution is 9.11. The minimum atomic E-state index is -3.48. The van der Waals surface area contributed by atoms with Crippen LogP contribution in [0.25, 0.3) is 0 Å². The van der Waals surface area contributed by atoms with Crippen molar-refractivity contribution in [2.75, 3.05) is 0 Å². The fraction of sp³-hybridized carbons (Fsp3) is 0.429. The number of nitrogens with zero attached hydrogens (tertiary/aromatic N) is 1. The first kappa shape index (κ1) is 15.3. The van der Waals surface area contributed by atoms with Gasteiger partial charge in [0.2, 0.25) is 10.0 Å². The maximum Gasteiger partial charge on any atom is 0.244 e. The molecule has 1 aliphatic rings. The van der Waals surface area contributed by atoms with E-state index in [2.05, 4.69) is 15.9 Å². The van der Waals surface area contributed by atoms with E-state index in [9.17, 15) is 8.42 Å². The predicted molar refractivity (Wildman–Crippen MR) is 86.0 cm³/mol. The molecule has 0 radical (unpaired) electrons. The van der Waals surface area contributed by atoms with Gasteiger partial charge in [0.1, 0.15) is 11.5 Å². The van der Waals surface area contributed by atoms with Crippen molar-refractivity contribution in [1.82, 2.24) is 4.31 Å². The van der Waals surface area contributed by atoms with Crippen molar-refractivity contribution in [3.63, 3.8) is 0 Å². The molecule has 2 aromatic rings. The summed E-state index contributed by atoms with van der Waals surface area (Å²) in [5, 5.41) is 0. The molecule has 2 heterocycles. The highest BCUT2D eigenvalue weighted by Gasteiger charge is 2.39. The highest BCUT2D eigenvalue weighted by Crippen LogP contribution is 2.37. The molecule has 0 N–H and O–H groups in total. The summed E-state index contributed by atoms with van der Waals surface area (Å²) in [6.07, 6.45) is 1.84. The Balaban J connectivity index is 1.95. The van der Waals surface area contributed by atoms with Gasteiger partial charge in [-0.3, -0.25) is 0 Å². The zero-order chi connectivity index (χ0) is 15.2. The van der Waals surface area contributed by atoms with Gasteiger partial charge in [0.15, 0.2) is 0 Å². The van der Waals surface area contributed by atoms with Gasteiger partial charge in [-0.05, 0) is 60.8 Å². The normalized spacial score (nSPS) is 15.8. The first-order valence-electron chi connectivity index (χ1n) is 6.71. The second-order valence-corrected chi connectivity index (χ2v) is 9.76. The van der Waals surface area contributed by atoms with E-state index in [0.717, 1.165) is 27.3 Å². The van der Waals surface area contributed by atoms with Gasteiger partial charge in [-0.2, -0.15) is 4.31 Å². The number of hydrogen-bond acceptors (Lipinski definition) is 4. The number of halogens is 1. The number of sulfonamides is 1. The van der Waals surface area contributed by atoms with E-state index < -0.39 is 10.0 Å². The molecule has 21 heavy (non-hydrogen) atoms. The van der Waals surface area contributed by atoms with Crippen LogP contribution < -0.4 is 0 Å². The Bertz CT molecular complexity index is 759. The number of rotatable bonds is 5. The summed E-state index contributed by atoms with van der Waals surface area (Å²) in [5.74, 6) is 1.49. The molecular formula is C14H16BrNO3S2. The van der Waals surface area contributed by atoms with Gasteiger partial charge in [-0.25, -0.2) is 8.42 Å². The molecule has 1 saturated carbocycles. The molecule has 114 valence electrons. The number of furan rings is 1. The smallest absolute Gasteiger partial charge is 0.244 e. The fourth-order valence-electron chi connectivity index (χ4n) is 2.31. The summed E-state index contributed by atoms with van der Waals surface area (Å²) in [4.78, 5) is 1.21. The maximum absolute atomic E-state index is 12.9. The SMILES string of the molecule is Cc1ccc(CN(C2CC2)S(=O)(=O)c2cc(Br)sc2C)o1. The lowest BCUT2D eigenvalue weighted by Gasteiger charge is -2.20. The molecule has 7 heteroatoms. The quantitative estimate of drug-likeness (QED) is 0.773. The predicted octanol–water partition coefficient (Wildman–Crippen LogP) is 4.07. The molecule has 3 rings (SSSR count). The third kappa shape index (κ3) is 3.11. The van der Waals surface area contributed by atoms with Crippen molar-refractivity contribution in [1.29, 1.82) is 0 Å². The van der Waals surface area contributed by atoms with Crippen LogP contribution in [-0.2, 0) is 16.6 Å². The minimum Gasteiger partial charge on any atom is -0.465 e. The van der Waals surface area contributed by atoms with Crippen molar-refractivity contribution in [2.24, 2.45) is 0 Å². The molecule has 1 fully saturated rings. The molecule has 4 nitrogen and oxygen atoms in total. The van der Waals surface area contributed by atoms with Crippen LogP contribution in [0.2, 0.25) is 0 Å². The number of hydrogen-bond donors (Lipinski definition) is 0. The average Bonchev–Trinajstić information content (AvgIpc) is 3.06. The van der Waals surface area contributed by atoms with E-state index in [0.29, 0.717) is 17.2 Å². The standard InChI is InChI=1S/C14H16BrNO3S2/c1-9-3-6-12(19-9)8-16(11-4-5-11)21(17,18)13-7-14(15)20-10(13)2/h3,6-7,11H,4-5,8H2,1-2H3. The Morgan fingerprint density at radius 3 is 2.57 bits per heavy atom. The molecule has 0 aromatic carbocycles.